The quantitative estimate of drug-likeness (QED) is 0.518. The zero-order valence-corrected chi connectivity index (χ0v) is 20.9. The average molecular weight is 470 g/mol. The zero-order valence-electron chi connectivity index (χ0n) is 20.9. The minimum absolute atomic E-state index is 0.0164. The van der Waals surface area contributed by atoms with Crippen molar-refractivity contribution < 1.29 is 9.59 Å². The van der Waals surface area contributed by atoms with Gasteiger partial charge in [-0.25, -0.2) is 0 Å². The minimum Gasteiger partial charge on any atom is -0.331 e. The molecule has 2 aromatic carbocycles. The first-order chi connectivity index (χ1) is 16.7. The molecular weight excluding hydrogens is 438 g/mol. The second-order valence-electron chi connectivity index (χ2n) is 9.45. The number of aromatic nitrogens is 2. The van der Waals surface area contributed by atoms with Crippen molar-refractivity contribution in [1.29, 1.82) is 0 Å². The van der Waals surface area contributed by atoms with E-state index in [4.69, 9.17) is 11.5 Å². The molecule has 0 aliphatic carbocycles. The van der Waals surface area contributed by atoms with E-state index in [1.165, 1.54) is 0 Å². The number of amides is 2. The Morgan fingerprint density at radius 1 is 1.14 bits per heavy atom. The Kier molecular flexibility index (Phi) is 6.77. The Hall–Kier alpha value is -3.89. The van der Waals surface area contributed by atoms with Gasteiger partial charge < -0.3 is 14.7 Å². The van der Waals surface area contributed by atoms with Crippen molar-refractivity contribution in [3.8, 4) is 23.6 Å². The van der Waals surface area contributed by atoms with E-state index in [2.05, 4.69) is 12.8 Å². The molecule has 4 rings (SSSR count). The van der Waals surface area contributed by atoms with Gasteiger partial charge in [-0.05, 0) is 63.3 Å². The number of benzene rings is 2. The lowest BCUT2D eigenvalue weighted by Gasteiger charge is -2.31. The van der Waals surface area contributed by atoms with Crippen LogP contribution in [0, 0.1) is 19.3 Å². The highest BCUT2D eigenvalue weighted by molar-refractivity contribution is 5.99. The van der Waals surface area contributed by atoms with Gasteiger partial charge in [0.25, 0.3) is 5.91 Å². The second kappa shape index (κ2) is 9.77. The molecule has 0 spiro atoms. The maximum atomic E-state index is 13.4. The Labute approximate surface area is 206 Å². The van der Waals surface area contributed by atoms with Crippen LogP contribution in [0.5, 0.6) is 0 Å². The summed E-state index contributed by atoms with van der Waals surface area (Å²) in [5, 5.41) is 4.81. The van der Waals surface area contributed by atoms with Gasteiger partial charge in [0.15, 0.2) is 0 Å². The van der Waals surface area contributed by atoms with Crippen LogP contribution in [0.15, 0.2) is 48.5 Å². The first-order valence-corrected chi connectivity index (χ1v) is 11.6. The van der Waals surface area contributed by atoms with Crippen LogP contribution in [0.1, 0.15) is 40.1 Å². The Bertz CT molecular complexity index is 1300. The van der Waals surface area contributed by atoms with Crippen molar-refractivity contribution in [2.24, 2.45) is 0 Å². The zero-order chi connectivity index (χ0) is 25.3. The molecule has 7 nitrogen and oxygen atoms in total. The summed E-state index contributed by atoms with van der Waals surface area (Å²) in [6.07, 6.45) is 5.45. The number of hydrogen-bond acceptors (Lipinski definition) is 4. The first kappa shape index (κ1) is 24.2. The van der Waals surface area contributed by atoms with E-state index in [1.807, 2.05) is 79.3 Å². The summed E-state index contributed by atoms with van der Waals surface area (Å²) >= 11 is 0. The summed E-state index contributed by atoms with van der Waals surface area (Å²) in [6, 6.07) is 15.5. The van der Waals surface area contributed by atoms with Crippen LogP contribution in [-0.2, 0) is 11.3 Å². The molecule has 0 saturated heterocycles. The highest BCUT2D eigenvalue weighted by atomic mass is 16.2. The molecule has 1 atom stereocenters. The summed E-state index contributed by atoms with van der Waals surface area (Å²) < 4.78 is 1.81. The number of aryl methyl sites for hydroxylation is 1. The lowest BCUT2D eigenvalue weighted by atomic mass is 10.0. The molecule has 180 valence electrons. The monoisotopic (exact) mass is 469 g/mol. The van der Waals surface area contributed by atoms with Crippen molar-refractivity contribution in [3.63, 3.8) is 0 Å². The molecule has 0 N–H and O–H groups in total. The van der Waals surface area contributed by atoms with Gasteiger partial charge >= 0.3 is 0 Å². The van der Waals surface area contributed by atoms with Gasteiger partial charge in [-0.2, -0.15) is 5.10 Å². The molecule has 1 aliphatic rings. The molecule has 0 fully saturated rings. The van der Waals surface area contributed by atoms with Crippen LogP contribution in [0.25, 0.3) is 11.3 Å². The Morgan fingerprint density at radius 2 is 1.86 bits per heavy atom. The van der Waals surface area contributed by atoms with Crippen LogP contribution in [0.3, 0.4) is 0 Å². The number of hydrogen-bond donors (Lipinski definition) is 0. The Morgan fingerprint density at radius 3 is 2.51 bits per heavy atom. The molecule has 1 aromatic heterocycles. The number of likely N-dealkylation sites (N-methyl/N-ethyl adjacent to an activating group) is 2. The highest BCUT2D eigenvalue weighted by Crippen LogP contribution is 2.33. The smallest absolute Gasteiger partial charge is 0.272 e. The molecule has 0 radical (unpaired) electrons. The third kappa shape index (κ3) is 4.98. The average Bonchev–Trinajstić information content (AvgIpc) is 3.28. The van der Waals surface area contributed by atoms with Gasteiger partial charge in [-0.1, -0.05) is 30.2 Å². The van der Waals surface area contributed by atoms with E-state index in [0.29, 0.717) is 31.0 Å². The fraction of sp³-hybridized carbons (Fsp3) is 0.321. The standard InChI is InChI=1S/C28H31N5O2/c1-7-21-9-11-22(12-10-21)17-32-16-20(3)33-26(28(32)35)15-24(29-33)23-13-8-19(2)14-25(23)31(6)27(34)18-30(4)5/h1,8-15,20H,16-18H2,2-6H3. The lowest BCUT2D eigenvalue weighted by Crippen LogP contribution is -2.41. The highest BCUT2D eigenvalue weighted by Gasteiger charge is 2.31. The van der Waals surface area contributed by atoms with E-state index >= 15 is 0 Å². The van der Waals surface area contributed by atoms with E-state index in [9.17, 15) is 9.59 Å². The predicted molar refractivity (Wildman–Crippen MR) is 138 cm³/mol. The van der Waals surface area contributed by atoms with Gasteiger partial charge in [0, 0.05) is 31.3 Å². The number of carbonyl (C=O) groups is 2. The van der Waals surface area contributed by atoms with Gasteiger partial charge in [-0.3, -0.25) is 14.3 Å². The Balaban J connectivity index is 1.65. The number of carbonyl (C=O) groups excluding carboxylic acids is 2. The largest absolute Gasteiger partial charge is 0.331 e. The van der Waals surface area contributed by atoms with Gasteiger partial charge in [0.2, 0.25) is 5.91 Å². The SMILES string of the molecule is C#Cc1ccc(CN2CC(C)n3nc(-c4ccc(C)cc4N(C)C(=O)CN(C)C)cc3C2=O)cc1. The van der Waals surface area contributed by atoms with Crippen LogP contribution in [0.2, 0.25) is 0 Å². The van der Waals surface area contributed by atoms with Crippen LogP contribution in [-0.4, -0.2) is 65.6 Å². The van der Waals surface area contributed by atoms with Crippen LogP contribution < -0.4 is 4.90 Å². The number of nitrogens with zero attached hydrogens (tertiary/aromatic N) is 5. The van der Waals surface area contributed by atoms with Gasteiger partial charge in [-0.15, -0.1) is 6.42 Å². The minimum atomic E-state index is -0.0615. The summed E-state index contributed by atoms with van der Waals surface area (Å²) in [5.41, 5.74) is 5.72. The van der Waals surface area contributed by atoms with E-state index in [0.717, 1.165) is 27.9 Å². The summed E-state index contributed by atoms with van der Waals surface area (Å²) in [6.45, 7) is 5.42. The van der Waals surface area contributed by atoms with Gasteiger partial charge in [0.1, 0.15) is 5.69 Å². The second-order valence-corrected chi connectivity index (χ2v) is 9.45. The normalized spacial score (nSPS) is 15.2. The number of fused-ring (bicyclic) bond motifs is 1. The molecule has 7 heteroatoms. The topological polar surface area (TPSA) is 61.7 Å². The van der Waals surface area contributed by atoms with Crippen LogP contribution in [0.4, 0.5) is 5.69 Å². The van der Waals surface area contributed by atoms with Crippen LogP contribution >= 0.6 is 0 Å². The molecular formula is C28H31N5O2. The van der Waals surface area contributed by atoms with Crippen molar-refractivity contribution in [2.45, 2.75) is 26.4 Å². The van der Waals surface area contributed by atoms with Crippen molar-refractivity contribution >= 4 is 17.5 Å². The predicted octanol–water partition coefficient (Wildman–Crippen LogP) is 3.58. The number of rotatable bonds is 6. The first-order valence-electron chi connectivity index (χ1n) is 11.6. The molecule has 3 aromatic rings. The van der Waals surface area contributed by atoms with Gasteiger partial charge in [0.05, 0.1) is 24.0 Å². The third-order valence-electron chi connectivity index (χ3n) is 6.25. The summed E-state index contributed by atoms with van der Waals surface area (Å²) in [4.78, 5) is 31.5. The summed E-state index contributed by atoms with van der Waals surface area (Å²) in [7, 11) is 5.52. The molecule has 35 heavy (non-hydrogen) atoms. The third-order valence-corrected chi connectivity index (χ3v) is 6.25. The van der Waals surface area contributed by atoms with Crippen molar-refractivity contribution in [3.05, 3.63) is 70.9 Å². The molecule has 0 bridgehead atoms. The fourth-order valence-electron chi connectivity index (χ4n) is 4.37. The maximum Gasteiger partial charge on any atom is 0.272 e. The molecule has 2 amide bonds. The van der Waals surface area contributed by atoms with E-state index in [-0.39, 0.29) is 17.9 Å². The molecule has 0 saturated carbocycles. The van der Waals surface area contributed by atoms with Crippen molar-refractivity contribution in [2.75, 3.05) is 39.1 Å². The molecule has 2 heterocycles. The fourth-order valence-corrected chi connectivity index (χ4v) is 4.37. The molecule has 1 aliphatic heterocycles. The maximum absolute atomic E-state index is 13.4. The van der Waals surface area contributed by atoms with Crippen molar-refractivity contribution in [1.82, 2.24) is 19.6 Å². The lowest BCUT2D eigenvalue weighted by molar-refractivity contribution is -0.118. The number of terminal acetylenes is 1. The summed E-state index contributed by atoms with van der Waals surface area (Å²) in [5.74, 6) is 2.54. The molecule has 1 unspecified atom stereocenters. The van der Waals surface area contributed by atoms with E-state index in [1.54, 1.807) is 16.6 Å². The number of anilines is 1. The van der Waals surface area contributed by atoms with E-state index < -0.39 is 0 Å².